The van der Waals surface area contributed by atoms with Crippen molar-refractivity contribution in [3.8, 4) is 0 Å². The maximum Gasteiger partial charge on any atom is 0.410 e. The summed E-state index contributed by atoms with van der Waals surface area (Å²) in [6, 6.07) is 0.170. The molecule has 2 aliphatic heterocycles. The first-order valence-electron chi connectivity index (χ1n) is 6.63. The number of nitrogens with zero attached hydrogens (tertiary/aromatic N) is 2. The van der Waals surface area contributed by atoms with E-state index in [0.29, 0.717) is 25.4 Å². The van der Waals surface area contributed by atoms with Gasteiger partial charge in [-0.15, -0.1) is 0 Å². The number of halogens is 1. The second-order valence-electron chi connectivity index (χ2n) is 6.31. The van der Waals surface area contributed by atoms with Crippen molar-refractivity contribution in [2.24, 2.45) is 5.92 Å². The molecule has 2 rings (SSSR count). The molecule has 0 aromatic carbocycles. The molecular formula is C13H21BrN2O3. The minimum Gasteiger partial charge on any atom is -0.444 e. The Labute approximate surface area is 122 Å². The number of carbonyl (C=O) groups is 2. The predicted molar refractivity (Wildman–Crippen MR) is 75.2 cm³/mol. The van der Waals surface area contributed by atoms with E-state index in [-0.39, 0.29) is 18.0 Å². The minimum absolute atomic E-state index is 0.170. The Kier molecular flexibility index (Phi) is 4.08. The van der Waals surface area contributed by atoms with Gasteiger partial charge in [0.2, 0.25) is 5.91 Å². The van der Waals surface area contributed by atoms with Gasteiger partial charge in [-0.05, 0) is 26.7 Å². The van der Waals surface area contributed by atoms with Crippen molar-refractivity contribution < 1.29 is 14.3 Å². The minimum atomic E-state index is -0.466. The number of amides is 2. The Morgan fingerprint density at radius 3 is 2.47 bits per heavy atom. The van der Waals surface area contributed by atoms with Gasteiger partial charge in [0.25, 0.3) is 0 Å². The summed E-state index contributed by atoms with van der Waals surface area (Å²) in [4.78, 5) is 27.2. The molecule has 0 radical (unpaired) electrons. The van der Waals surface area contributed by atoms with Crippen LogP contribution >= 0.6 is 15.9 Å². The van der Waals surface area contributed by atoms with Crippen LogP contribution in [-0.2, 0) is 9.53 Å². The summed E-state index contributed by atoms with van der Waals surface area (Å²) < 4.78 is 5.30. The van der Waals surface area contributed by atoms with Crippen molar-refractivity contribution >= 4 is 27.9 Å². The SMILES string of the molecule is CC(C)(C)OC(=O)N1CC(N2CC(CBr)CC2=O)C1. The molecule has 0 aromatic rings. The van der Waals surface area contributed by atoms with E-state index in [1.165, 1.54) is 0 Å². The van der Waals surface area contributed by atoms with Crippen LogP contribution in [0.2, 0.25) is 0 Å². The van der Waals surface area contributed by atoms with E-state index in [1.807, 2.05) is 25.7 Å². The largest absolute Gasteiger partial charge is 0.444 e. The van der Waals surface area contributed by atoms with Crippen molar-refractivity contribution in [3.05, 3.63) is 0 Å². The number of alkyl halides is 1. The summed E-state index contributed by atoms with van der Waals surface area (Å²) in [6.45, 7) is 7.55. The first kappa shape index (κ1) is 14.6. The third kappa shape index (κ3) is 3.41. The summed E-state index contributed by atoms with van der Waals surface area (Å²) in [5.74, 6) is 0.612. The molecule has 0 aliphatic carbocycles. The van der Waals surface area contributed by atoms with E-state index in [0.717, 1.165) is 11.9 Å². The normalized spacial score (nSPS) is 24.6. The molecule has 0 spiro atoms. The van der Waals surface area contributed by atoms with Gasteiger partial charge in [-0.25, -0.2) is 4.79 Å². The maximum atomic E-state index is 11.9. The molecule has 0 aromatic heterocycles. The Balaban J connectivity index is 1.80. The van der Waals surface area contributed by atoms with E-state index < -0.39 is 5.60 Å². The molecule has 19 heavy (non-hydrogen) atoms. The molecule has 2 aliphatic rings. The van der Waals surface area contributed by atoms with Crippen LogP contribution < -0.4 is 0 Å². The summed E-state index contributed by atoms with van der Waals surface area (Å²) in [7, 11) is 0. The van der Waals surface area contributed by atoms with Crippen molar-refractivity contribution in [3.63, 3.8) is 0 Å². The molecule has 5 nitrogen and oxygen atoms in total. The van der Waals surface area contributed by atoms with Crippen LogP contribution in [0.15, 0.2) is 0 Å². The first-order valence-corrected chi connectivity index (χ1v) is 7.75. The molecule has 0 saturated carbocycles. The first-order chi connectivity index (χ1) is 8.80. The summed E-state index contributed by atoms with van der Waals surface area (Å²) in [5, 5.41) is 0.859. The van der Waals surface area contributed by atoms with E-state index in [4.69, 9.17) is 4.74 Å². The number of likely N-dealkylation sites (tertiary alicyclic amines) is 2. The van der Waals surface area contributed by atoms with Gasteiger partial charge >= 0.3 is 6.09 Å². The zero-order chi connectivity index (χ0) is 14.2. The van der Waals surface area contributed by atoms with Crippen LogP contribution in [0.25, 0.3) is 0 Å². The fourth-order valence-electron chi connectivity index (χ4n) is 2.39. The average Bonchev–Trinajstić information content (AvgIpc) is 2.55. The van der Waals surface area contributed by atoms with Crippen LogP contribution in [0, 0.1) is 5.92 Å². The molecule has 2 heterocycles. The van der Waals surface area contributed by atoms with Crippen LogP contribution in [-0.4, -0.2) is 58.4 Å². The van der Waals surface area contributed by atoms with E-state index in [9.17, 15) is 9.59 Å². The number of hydrogen-bond acceptors (Lipinski definition) is 3. The van der Waals surface area contributed by atoms with Crippen molar-refractivity contribution in [2.75, 3.05) is 25.0 Å². The molecule has 2 fully saturated rings. The quantitative estimate of drug-likeness (QED) is 0.725. The van der Waals surface area contributed by atoms with Crippen molar-refractivity contribution in [1.82, 2.24) is 9.80 Å². The predicted octanol–water partition coefficient (Wildman–Crippen LogP) is 1.85. The maximum absolute atomic E-state index is 11.9. The summed E-state index contributed by atoms with van der Waals surface area (Å²) in [5.41, 5.74) is -0.466. The van der Waals surface area contributed by atoms with E-state index >= 15 is 0 Å². The Morgan fingerprint density at radius 2 is 2.00 bits per heavy atom. The second kappa shape index (κ2) is 5.31. The number of rotatable bonds is 2. The Bertz CT molecular complexity index is 375. The molecule has 0 N–H and O–H groups in total. The molecule has 2 amide bonds. The van der Waals surface area contributed by atoms with Gasteiger partial charge in [0, 0.05) is 31.4 Å². The van der Waals surface area contributed by atoms with Crippen molar-refractivity contribution in [2.45, 2.75) is 38.8 Å². The van der Waals surface area contributed by atoms with Gasteiger partial charge in [0.05, 0.1) is 6.04 Å². The molecule has 0 bridgehead atoms. The Morgan fingerprint density at radius 1 is 1.37 bits per heavy atom. The molecular weight excluding hydrogens is 312 g/mol. The zero-order valence-electron chi connectivity index (χ0n) is 11.7. The molecule has 6 heteroatoms. The lowest BCUT2D eigenvalue weighted by atomic mass is 10.1. The lowest BCUT2D eigenvalue weighted by Crippen LogP contribution is -2.62. The van der Waals surface area contributed by atoms with Gasteiger partial charge in [-0.3, -0.25) is 4.79 Å². The molecule has 2 saturated heterocycles. The lowest BCUT2D eigenvalue weighted by Gasteiger charge is -2.44. The smallest absolute Gasteiger partial charge is 0.410 e. The summed E-state index contributed by atoms with van der Waals surface area (Å²) >= 11 is 3.42. The van der Waals surface area contributed by atoms with E-state index in [1.54, 1.807) is 4.90 Å². The average molecular weight is 333 g/mol. The lowest BCUT2D eigenvalue weighted by molar-refractivity contribution is -0.132. The molecule has 1 unspecified atom stereocenters. The van der Waals surface area contributed by atoms with Gasteiger partial charge < -0.3 is 14.5 Å². The zero-order valence-corrected chi connectivity index (χ0v) is 13.3. The Hall–Kier alpha value is -0.780. The highest BCUT2D eigenvalue weighted by Crippen LogP contribution is 2.26. The van der Waals surface area contributed by atoms with E-state index in [2.05, 4.69) is 15.9 Å². The highest BCUT2D eigenvalue weighted by atomic mass is 79.9. The third-order valence-electron chi connectivity index (χ3n) is 3.41. The third-order valence-corrected chi connectivity index (χ3v) is 4.33. The topological polar surface area (TPSA) is 49.9 Å². The number of hydrogen-bond donors (Lipinski definition) is 0. The number of carbonyl (C=O) groups excluding carboxylic acids is 2. The standard InChI is InChI=1S/C13H21BrN2O3/c1-13(2,3)19-12(18)15-7-10(8-15)16-6-9(5-14)4-11(16)17/h9-10H,4-8H2,1-3H3. The molecule has 1 atom stereocenters. The second-order valence-corrected chi connectivity index (χ2v) is 6.96. The van der Waals surface area contributed by atoms with Crippen LogP contribution in [0.4, 0.5) is 4.79 Å². The van der Waals surface area contributed by atoms with Gasteiger partial charge in [0.15, 0.2) is 0 Å². The monoisotopic (exact) mass is 332 g/mol. The van der Waals surface area contributed by atoms with Gasteiger partial charge in [-0.2, -0.15) is 0 Å². The van der Waals surface area contributed by atoms with Crippen LogP contribution in [0.3, 0.4) is 0 Å². The van der Waals surface area contributed by atoms with Crippen LogP contribution in [0.1, 0.15) is 27.2 Å². The highest BCUT2D eigenvalue weighted by molar-refractivity contribution is 9.09. The number of ether oxygens (including phenoxy) is 1. The fourth-order valence-corrected chi connectivity index (χ4v) is 2.83. The highest BCUT2D eigenvalue weighted by Gasteiger charge is 2.42. The van der Waals surface area contributed by atoms with Gasteiger partial charge in [-0.1, -0.05) is 15.9 Å². The summed E-state index contributed by atoms with van der Waals surface area (Å²) in [6.07, 6.45) is 0.334. The van der Waals surface area contributed by atoms with Gasteiger partial charge in [0.1, 0.15) is 5.60 Å². The fraction of sp³-hybridized carbons (Fsp3) is 0.846. The van der Waals surface area contributed by atoms with Crippen LogP contribution in [0.5, 0.6) is 0 Å². The molecule has 108 valence electrons. The van der Waals surface area contributed by atoms with Crippen molar-refractivity contribution in [1.29, 1.82) is 0 Å².